The average molecular weight is 689 g/mol. The highest BCUT2D eigenvalue weighted by molar-refractivity contribution is 7.99. The Balaban J connectivity index is 1.37. The molecule has 2 unspecified atom stereocenters. The van der Waals surface area contributed by atoms with Crippen LogP contribution in [0.4, 0.5) is 0 Å². The van der Waals surface area contributed by atoms with Crippen molar-refractivity contribution in [3.8, 4) is 5.75 Å². The molecular weight excluding hydrogens is 645 g/mol. The van der Waals surface area contributed by atoms with Crippen molar-refractivity contribution in [2.75, 3.05) is 7.11 Å². The van der Waals surface area contributed by atoms with E-state index >= 15 is 0 Å². The Hall–Kier alpha value is -4.40. The molecule has 1 saturated heterocycles. The number of ether oxygens (including phenoxy) is 5. The molecule has 6 atom stereocenters. The van der Waals surface area contributed by atoms with Crippen molar-refractivity contribution in [2.45, 2.75) is 61.8 Å². The summed E-state index contributed by atoms with van der Waals surface area (Å²) in [6, 6.07) is 48.2. The van der Waals surface area contributed by atoms with Gasteiger partial charge in [-0.1, -0.05) is 140 Å². The van der Waals surface area contributed by atoms with Gasteiger partial charge >= 0.3 is 5.97 Å². The summed E-state index contributed by atoms with van der Waals surface area (Å²) in [6.45, 7) is 2.98. The predicted octanol–water partition coefficient (Wildman–Crippen LogP) is 8.92. The van der Waals surface area contributed by atoms with Gasteiger partial charge in [-0.05, 0) is 58.9 Å². The van der Waals surface area contributed by atoms with Gasteiger partial charge in [0.1, 0.15) is 23.9 Å². The van der Waals surface area contributed by atoms with Crippen LogP contribution in [0, 0.1) is 11.8 Å². The minimum atomic E-state index is -1.03. The van der Waals surface area contributed by atoms with Crippen molar-refractivity contribution < 1.29 is 28.5 Å². The Kier molecular flexibility index (Phi) is 12.8. The summed E-state index contributed by atoms with van der Waals surface area (Å²) >= 11 is 1.61. The summed E-state index contributed by atoms with van der Waals surface area (Å²) in [6.07, 6.45) is -1.48. The molecule has 5 aromatic carbocycles. The molecule has 1 aliphatic rings. The Bertz CT molecular complexity index is 1720. The van der Waals surface area contributed by atoms with Crippen LogP contribution in [0.5, 0.6) is 5.75 Å². The Morgan fingerprint density at radius 2 is 1.14 bits per heavy atom. The van der Waals surface area contributed by atoms with Gasteiger partial charge < -0.3 is 23.7 Å². The fourth-order valence-corrected chi connectivity index (χ4v) is 7.72. The molecule has 0 bridgehead atoms. The topological polar surface area (TPSA) is 63.2 Å². The molecule has 0 amide bonds. The van der Waals surface area contributed by atoms with Crippen molar-refractivity contribution in [1.82, 2.24) is 0 Å². The van der Waals surface area contributed by atoms with E-state index in [0.29, 0.717) is 6.61 Å². The highest BCUT2D eigenvalue weighted by Crippen LogP contribution is 2.44. The number of benzene rings is 5. The molecule has 1 aliphatic heterocycles. The Morgan fingerprint density at radius 1 is 0.640 bits per heavy atom. The molecule has 0 saturated carbocycles. The minimum absolute atomic E-state index is 0.104. The van der Waals surface area contributed by atoms with Crippen LogP contribution in [0.25, 0.3) is 0 Å². The third-order valence-corrected chi connectivity index (χ3v) is 10.2. The zero-order valence-electron chi connectivity index (χ0n) is 28.5. The molecular formula is C43H44O6S. The largest absolute Gasteiger partial charge is 0.497 e. The number of thioether (sulfide) groups is 1. The van der Waals surface area contributed by atoms with Crippen molar-refractivity contribution >= 4 is 17.7 Å². The van der Waals surface area contributed by atoms with E-state index in [-0.39, 0.29) is 25.0 Å². The molecule has 6 nitrogen and oxygen atoms in total. The lowest BCUT2D eigenvalue weighted by atomic mass is 9.79. The highest BCUT2D eigenvalue weighted by atomic mass is 32.2. The lowest BCUT2D eigenvalue weighted by Gasteiger charge is -2.47. The maximum atomic E-state index is 14.2. The van der Waals surface area contributed by atoms with Gasteiger partial charge in [0.05, 0.1) is 26.4 Å². The van der Waals surface area contributed by atoms with Crippen LogP contribution >= 0.6 is 11.8 Å². The van der Waals surface area contributed by atoms with Gasteiger partial charge in [0.25, 0.3) is 0 Å². The summed E-state index contributed by atoms with van der Waals surface area (Å²) < 4.78 is 31.9. The molecule has 1 fully saturated rings. The van der Waals surface area contributed by atoms with Gasteiger partial charge in [-0.3, -0.25) is 0 Å². The number of hydrogen-bond donors (Lipinski definition) is 0. The van der Waals surface area contributed by atoms with E-state index < -0.39 is 29.7 Å². The maximum Gasteiger partial charge on any atom is 0.338 e. The van der Waals surface area contributed by atoms with Crippen molar-refractivity contribution in [3.05, 3.63) is 168 Å². The molecule has 258 valence electrons. The summed E-state index contributed by atoms with van der Waals surface area (Å²) in [4.78, 5) is 15.2. The lowest BCUT2D eigenvalue weighted by molar-refractivity contribution is -0.232. The molecule has 6 rings (SSSR count). The maximum absolute atomic E-state index is 14.2. The van der Waals surface area contributed by atoms with Gasteiger partial charge in [-0.25, -0.2) is 4.79 Å². The standard InChI is InChI=1S/C43H44O6S/c1-31(27-32-15-7-3-8-16-32)38-39(46-28-33-17-9-4-10-18-33)40(47-29-35-23-25-36(45-2)26-24-35)41(42(44)48-30-34-19-11-5-12-20-34)49-43(38)50-37-21-13-6-14-22-37/h3-26,31,38-41,43H,27-30H2,1-2H3/t31?,38-,39-,40+,41?,43+/m1/s1. The first-order chi connectivity index (χ1) is 24.6. The quantitative estimate of drug-likeness (QED) is 0.102. The normalized spacial score (nSPS) is 20.9. The van der Waals surface area contributed by atoms with Crippen LogP contribution in [0.2, 0.25) is 0 Å². The van der Waals surface area contributed by atoms with E-state index in [2.05, 4.69) is 55.5 Å². The van der Waals surface area contributed by atoms with Gasteiger partial charge in [-0.2, -0.15) is 0 Å². The van der Waals surface area contributed by atoms with Gasteiger partial charge in [0.15, 0.2) is 6.10 Å². The second-order valence-electron chi connectivity index (χ2n) is 12.6. The number of carbonyl (C=O) groups excluding carboxylic acids is 1. The van der Waals surface area contributed by atoms with Gasteiger partial charge in [-0.15, -0.1) is 0 Å². The van der Waals surface area contributed by atoms with Crippen LogP contribution < -0.4 is 4.74 Å². The number of rotatable bonds is 15. The first-order valence-electron chi connectivity index (χ1n) is 17.1. The zero-order chi connectivity index (χ0) is 34.5. The molecule has 1 heterocycles. The molecule has 7 heteroatoms. The molecule has 50 heavy (non-hydrogen) atoms. The van der Waals surface area contributed by atoms with E-state index in [1.807, 2.05) is 97.1 Å². The lowest BCUT2D eigenvalue weighted by Crippen LogP contribution is -2.60. The second kappa shape index (κ2) is 18.0. The van der Waals surface area contributed by atoms with E-state index in [1.54, 1.807) is 18.9 Å². The van der Waals surface area contributed by atoms with Crippen LogP contribution in [0.3, 0.4) is 0 Å². The number of hydrogen-bond acceptors (Lipinski definition) is 7. The number of methoxy groups -OCH3 is 1. The minimum Gasteiger partial charge on any atom is -0.497 e. The smallest absolute Gasteiger partial charge is 0.338 e. The van der Waals surface area contributed by atoms with E-state index in [1.165, 1.54) is 5.56 Å². The Labute approximate surface area is 299 Å². The fourth-order valence-electron chi connectivity index (χ4n) is 6.38. The first-order valence-corrected chi connectivity index (χ1v) is 18.0. The highest BCUT2D eigenvalue weighted by Gasteiger charge is 2.52. The molecule has 0 N–H and O–H groups in total. The summed E-state index contributed by atoms with van der Waals surface area (Å²) in [5, 5.41) is 0. The van der Waals surface area contributed by atoms with E-state index in [4.69, 9.17) is 23.7 Å². The van der Waals surface area contributed by atoms with Crippen LogP contribution in [-0.2, 0) is 50.0 Å². The fraction of sp³-hybridized carbons (Fsp3) is 0.279. The van der Waals surface area contributed by atoms with Crippen molar-refractivity contribution in [1.29, 1.82) is 0 Å². The van der Waals surface area contributed by atoms with Crippen molar-refractivity contribution in [2.24, 2.45) is 11.8 Å². The first kappa shape index (κ1) is 35.4. The van der Waals surface area contributed by atoms with Crippen LogP contribution in [0.15, 0.2) is 150 Å². The summed E-state index contributed by atoms with van der Waals surface area (Å²) in [5.41, 5.74) is 3.68. The zero-order valence-corrected chi connectivity index (χ0v) is 29.3. The molecule has 0 aliphatic carbocycles. The third kappa shape index (κ3) is 9.64. The van der Waals surface area contributed by atoms with Crippen LogP contribution in [-0.4, -0.2) is 36.8 Å². The molecule has 5 aromatic rings. The van der Waals surface area contributed by atoms with E-state index in [9.17, 15) is 4.79 Å². The Morgan fingerprint density at radius 3 is 1.72 bits per heavy atom. The predicted molar refractivity (Wildman–Crippen MR) is 197 cm³/mol. The number of esters is 1. The SMILES string of the molecule is COc1ccc(CO[C@@H]2C(C(=O)OCc3ccccc3)O[C@@H](Sc3ccccc3)[C@H](C(C)Cc3ccccc3)[C@H]2OCc2ccccc2)cc1. The van der Waals surface area contributed by atoms with E-state index in [0.717, 1.165) is 33.8 Å². The monoisotopic (exact) mass is 688 g/mol. The molecule has 0 aromatic heterocycles. The van der Waals surface area contributed by atoms with Gasteiger partial charge in [0.2, 0.25) is 0 Å². The van der Waals surface area contributed by atoms with Crippen LogP contribution in [0.1, 0.15) is 29.2 Å². The summed E-state index contributed by atoms with van der Waals surface area (Å²) in [5.74, 6) is 0.238. The average Bonchev–Trinajstić information content (AvgIpc) is 3.17. The molecule has 0 radical (unpaired) electrons. The van der Waals surface area contributed by atoms with Crippen molar-refractivity contribution in [3.63, 3.8) is 0 Å². The summed E-state index contributed by atoms with van der Waals surface area (Å²) in [7, 11) is 1.64. The third-order valence-electron chi connectivity index (χ3n) is 8.99. The second-order valence-corrected chi connectivity index (χ2v) is 13.8. The van der Waals surface area contributed by atoms with Gasteiger partial charge in [0, 0.05) is 10.8 Å². The number of carbonyl (C=O) groups is 1. The molecule has 0 spiro atoms.